The third kappa shape index (κ3) is 6.80. The van der Waals surface area contributed by atoms with Crippen LogP contribution in [-0.2, 0) is 6.61 Å². The van der Waals surface area contributed by atoms with Gasteiger partial charge in [-0.2, -0.15) is 9.49 Å². The number of nitrogens with zero attached hydrogens (tertiary/aromatic N) is 4. The van der Waals surface area contributed by atoms with E-state index in [1.165, 1.54) is 7.11 Å². The van der Waals surface area contributed by atoms with Crippen molar-refractivity contribution < 1.29 is 27.4 Å². The third-order valence-electron chi connectivity index (χ3n) is 8.05. The minimum atomic E-state index is -1.54. The number of rotatable bonds is 9. The Morgan fingerprint density at radius 2 is 1.73 bits per heavy atom. The van der Waals surface area contributed by atoms with Crippen molar-refractivity contribution in [2.24, 2.45) is 5.92 Å². The molecule has 45 heavy (non-hydrogen) atoms. The number of carbonyl (C=O) groups excluding carboxylic acids is 1. The zero-order chi connectivity index (χ0) is 31.5. The van der Waals surface area contributed by atoms with Crippen LogP contribution in [0, 0.1) is 23.4 Å². The van der Waals surface area contributed by atoms with Gasteiger partial charge in [-0.15, -0.1) is 0 Å². The molecule has 232 valence electrons. The summed E-state index contributed by atoms with van der Waals surface area (Å²) < 4.78 is 57.4. The van der Waals surface area contributed by atoms with Gasteiger partial charge in [0.2, 0.25) is 5.82 Å². The van der Waals surface area contributed by atoms with Crippen molar-refractivity contribution >= 4 is 32.7 Å². The third-order valence-corrected chi connectivity index (χ3v) is 8.46. The summed E-state index contributed by atoms with van der Waals surface area (Å²) in [7, 11) is 1.52. The Kier molecular flexibility index (Phi) is 9.02. The van der Waals surface area contributed by atoms with Gasteiger partial charge in [-0.1, -0.05) is 24.3 Å². The molecular weight excluding hydrogens is 651 g/mol. The van der Waals surface area contributed by atoms with Gasteiger partial charge in [0.05, 0.1) is 28.7 Å². The van der Waals surface area contributed by atoms with Gasteiger partial charge in [0.1, 0.15) is 12.4 Å². The minimum Gasteiger partial charge on any atom is -0.497 e. The molecule has 0 aliphatic heterocycles. The summed E-state index contributed by atoms with van der Waals surface area (Å²) in [6.45, 7) is 0.0730. The van der Waals surface area contributed by atoms with Gasteiger partial charge in [0, 0.05) is 36.1 Å². The van der Waals surface area contributed by atoms with Gasteiger partial charge in [0.15, 0.2) is 23.2 Å². The fraction of sp³-hybridized carbons (Fsp3) is 0.273. The largest absolute Gasteiger partial charge is 0.497 e. The maximum absolute atomic E-state index is 14.8. The number of halogens is 4. The first kappa shape index (κ1) is 30.6. The highest BCUT2D eigenvalue weighted by atomic mass is 79.9. The Balaban J connectivity index is 1.03. The van der Waals surface area contributed by atoms with E-state index in [1.54, 1.807) is 36.7 Å². The van der Waals surface area contributed by atoms with Crippen molar-refractivity contribution in [2.45, 2.75) is 38.3 Å². The zero-order valence-corrected chi connectivity index (χ0v) is 25.9. The summed E-state index contributed by atoms with van der Waals surface area (Å²) in [5, 5.41) is 8.47. The number of nitrogens with one attached hydrogen (secondary N) is 1. The second-order valence-electron chi connectivity index (χ2n) is 11.0. The monoisotopic (exact) mass is 679 g/mol. The summed E-state index contributed by atoms with van der Waals surface area (Å²) in [4.78, 5) is 21.5. The van der Waals surface area contributed by atoms with E-state index in [9.17, 15) is 18.0 Å². The normalized spacial score (nSPS) is 16.5. The molecule has 6 rings (SSSR count). The van der Waals surface area contributed by atoms with E-state index in [-0.39, 0.29) is 25.1 Å². The molecule has 0 atom stereocenters. The Labute approximate surface area is 265 Å². The number of methoxy groups -OCH3 is 1. The summed E-state index contributed by atoms with van der Waals surface area (Å²) in [5.74, 6) is -4.53. The topological polar surface area (TPSA) is 91.2 Å². The molecule has 0 saturated heterocycles. The first-order valence-electron chi connectivity index (χ1n) is 14.5. The van der Waals surface area contributed by atoms with E-state index >= 15 is 0 Å². The predicted molar refractivity (Wildman–Crippen MR) is 165 cm³/mol. The van der Waals surface area contributed by atoms with Crippen LogP contribution in [0.3, 0.4) is 0 Å². The average Bonchev–Trinajstić information content (AvgIpc) is 3.50. The van der Waals surface area contributed by atoms with Crippen LogP contribution >= 0.6 is 15.9 Å². The van der Waals surface area contributed by atoms with E-state index < -0.39 is 34.7 Å². The van der Waals surface area contributed by atoms with Crippen LogP contribution < -0.4 is 14.8 Å². The van der Waals surface area contributed by atoms with Crippen molar-refractivity contribution in [3.05, 3.63) is 100 Å². The highest BCUT2D eigenvalue weighted by molar-refractivity contribution is 9.10. The van der Waals surface area contributed by atoms with E-state index in [0.29, 0.717) is 23.2 Å². The number of hydrogen-bond acceptors (Lipinski definition) is 6. The van der Waals surface area contributed by atoms with Crippen molar-refractivity contribution in [1.82, 2.24) is 25.1 Å². The van der Waals surface area contributed by atoms with Crippen LogP contribution in [0.5, 0.6) is 11.5 Å². The maximum Gasteiger partial charge on any atom is 0.254 e. The second kappa shape index (κ2) is 13.3. The predicted octanol–water partition coefficient (Wildman–Crippen LogP) is 7.42. The number of fused-ring (bicyclic) bond motifs is 1. The molecule has 0 bridgehead atoms. The molecule has 2 aromatic heterocycles. The SMILES string of the molecule is COc1ccc(COc2c(F)cc(C(=O)NCC3CCC(n4cc5ccc(-c6ncc(Br)cn6)cc5n4)CC3)c(F)c2F)cc1. The highest BCUT2D eigenvalue weighted by Gasteiger charge is 2.27. The zero-order valence-electron chi connectivity index (χ0n) is 24.3. The first-order valence-corrected chi connectivity index (χ1v) is 15.3. The van der Waals surface area contributed by atoms with Crippen LogP contribution in [0.1, 0.15) is 47.6 Å². The number of aromatic nitrogens is 4. The summed E-state index contributed by atoms with van der Waals surface area (Å²) in [5.41, 5.74) is 1.64. The number of benzene rings is 3. The van der Waals surface area contributed by atoms with E-state index in [1.807, 2.05) is 29.1 Å². The molecule has 1 saturated carbocycles. The Hall–Kier alpha value is -4.45. The number of carbonyl (C=O) groups is 1. The molecule has 12 heteroatoms. The second-order valence-corrected chi connectivity index (χ2v) is 11.9. The Morgan fingerprint density at radius 3 is 2.44 bits per heavy atom. The van der Waals surface area contributed by atoms with Crippen molar-refractivity contribution in [1.29, 1.82) is 0 Å². The number of amides is 1. The van der Waals surface area contributed by atoms with E-state index in [4.69, 9.17) is 14.6 Å². The van der Waals surface area contributed by atoms with Gasteiger partial charge >= 0.3 is 0 Å². The summed E-state index contributed by atoms with van der Waals surface area (Å²) in [6, 6.07) is 13.5. The van der Waals surface area contributed by atoms with E-state index in [2.05, 4.69) is 31.2 Å². The average molecular weight is 681 g/mol. The molecule has 5 aromatic rings. The molecule has 1 N–H and O–H groups in total. The van der Waals surface area contributed by atoms with Gasteiger partial charge in [0.25, 0.3) is 5.91 Å². The molecule has 8 nitrogen and oxygen atoms in total. The van der Waals surface area contributed by atoms with Crippen LogP contribution in [0.25, 0.3) is 22.3 Å². The molecule has 0 radical (unpaired) electrons. The molecule has 3 aromatic carbocycles. The van der Waals surface area contributed by atoms with Crippen LogP contribution in [-0.4, -0.2) is 39.3 Å². The molecule has 2 heterocycles. The Bertz CT molecular complexity index is 1820. The molecule has 1 aliphatic rings. The Morgan fingerprint density at radius 1 is 1.00 bits per heavy atom. The van der Waals surface area contributed by atoms with Crippen LogP contribution in [0.2, 0.25) is 0 Å². The molecule has 1 fully saturated rings. The summed E-state index contributed by atoms with van der Waals surface area (Å²) in [6.07, 6.45) is 8.74. The van der Waals surface area contributed by atoms with Gasteiger partial charge < -0.3 is 14.8 Å². The highest BCUT2D eigenvalue weighted by Crippen LogP contribution is 2.33. The van der Waals surface area contributed by atoms with Crippen molar-refractivity contribution in [3.8, 4) is 22.9 Å². The smallest absolute Gasteiger partial charge is 0.254 e. The number of hydrogen-bond donors (Lipinski definition) is 1. The van der Waals surface area contributed by atoms with Gasteiger partial charge in [-0.05, 0) is 77.4 Å². The summed E-state index contributed by atoms with van der Waals surface area (Å²) >= 11 is 3.35. The molecule has 0 spiro atoms. The molecule has 1 aliphatic carbocycles. The van der Waals surface area contributed by atoms with E-state index in [0.717, 1.165) is 46.6 Å². The lowest BCUT2D eigenvalue weighted by Crippen LogP contribution is -2.32. The first-order chi connectivity index (χ1) is 21.8. The lowest BCUT2D eigenvalue weighted by Gasteiger charge is -2.28. The van der Waals surface area contributed by atoms with Gasteiger partial charge in [-0.3, -0.25) is 9.48 Å². The van der Waals surface area contributed by atoms with Gasteiger partial charge in [-0.25, -0.2) is 18.7 Å². The van der Waals surface area contributed by atoms with Crippen LogP contribution in [0.15, 0.2) is 71.6 Å². The maximum atomic E-state index is 14.8. The quantitative estimate of drug-likeness (QED) is 0.163. The number of ether oxygens (including phenoxy) is 2. The lowest BCUT2D eigenvalue weighted by molar-refractivity contribution is 0.0935. The van der Waals surface area contributed by atoms with Crippen LogP contribution in [0.4, 0.5) is 13.2 Å². The fourth-order valence-corrected chi connectivity index (χ4v) is 5.73. The molecular formula is C33H29BrF3N5O3. The lowest BCUT2D eigenvalue weighted by atomic mass is 9.86. The molecule has 1 amide bonds. The molecule has 0 unspecified atom stereocenters. The fourth-order valence-electron chi connectivity index (χ4n) is 5.52. The van der Waals surface area contributed by atoms with Crippen molar-refractivity contribution in [3.63, 3.8) is 0 Å². The van der Waals surface area contributed by atoms with Crippen molar-refractivity contribution in [2.75, 3.05) is 13.7 Å². The minimum absolute atomic E-state index is 0.140. The standard InChI is InChI=1S/C33H29BrF3N5O3/c1-44-25-10-4-20(5-11-25)18-45-31-27(35)13-26(29(36)30(31)37)33(43)40-14-19-2-8-24(9-3-19)42-17-22-7-6-21(12-28(22)41-42)32-38-15-23(34)16-39-32/h4-7,10-13,15-17,19,24H,2-3,8-9,14,18H2,1H3,(H,40,43).